The molecule has 0 aromatic rings. The highest BCUT2D eigenvalue weighted by Crippen LogP contribution is 2.32. The van der Waals surface area contributed by atoms with E-state index in [1.807, 2.05) is 13.8 Å². The van der Waals surface area contributed by atoms with Crippen LogP contribution in [0.25, 0.3) is 0 Å². The van der Waals surface area contributed by atoms with Crippen molar-refractivity contribution in [1.29, 1.82) is 0 Å². The summed E-state index contributed by atoms with van der Waals surface area (Å²) in [5.41, 5.74) is 5.91. The lowest BCUT2D eigenvalue weighted by molar-refractivity contribution is -0.149. The van der Waals surface area contributed by atoms with E-state index in [2.05, 4.69) is 0 Å². The average Bonchev–Trinajstić information content (AvgIpc) is 2.79. The number of aliphatic carboxylic acids is 1. The molecule has 0 spiro atoms. The molecular formula is C13H24N2O3S. The molecule has 0 aromatic heterocycles. The lowest BCUT2D eigenvalue weighted by Crippen LogP contribution is -2.52. The van der Waals surface area contributed by atoms with E-state index in [-0.39, 0.29) is 11.3 Å². The van der Waals surface area contributed by atoms with Crippen molar-refractivity contribution in [2.45, 2.75) is 63.4 Å². The van der Waals surface area contributed by atoms with E-state index < -0.39 is 18.1 Å². The predicted molar refractivity (Wildman–Crippen MR) is 76.9 cm³/mol. The normalized spacial score (nSPS) is 24.5. The summed E-state index contributed by atoms with van der Waals surface area (Å²) in [6, 6.07) is -1.29. The van der Waals surface area contributed by atoms with Gasteiger partial charge in [0.05, 0.1) is 11.4 Å². The second kappa shape index (κ2) is 7.75. The quantitative estimate of drug-likeness (QED) is 0.744. The Morgan fingerprint density at radius 1 is 1.42 bits per heavy atom. The summed E-state index contributed by atoms with van der Waals surface area (Å²) in [6.07, 6.45) is 4.25. The van der Waals surface area contributed by atoms with Crippen LogP contribution in [0.3, 0.4) is 0 Å². The van der Waals surface area contributed by atoms with E-state index in [4.69, 9.17) is 5.73 Å². The van der Waals surface area contributed by atoms with Gasteiger partial charge in [0.2, 0.25) is 5.91 Å². The summed E-state index contributed by atoms with van der Waals surface area (Å²) in [6.45, 7) is 4.08. The first-order valence-electron chi connectivity index (χ1n) is 6.95. The molecule has 0 aromatic carbocycles. The van der Waals surface area contributed by atoms with Crippen molar-refractivity contribution in [2.75, 3.05) is 5.75 Å². The standard InChI is InChI=1S/C13H24N2O3S/c1-3-5-7-9(14)12(16)15-10(13(17)18)8-19-11(15)6-4-2/h9-11H,3-8,14H2,1-2H3,(H,17,18). The Morgan fingerprint density at radius 2 is 2.11 bits per heavy atom. The van der Waals surface area contributed by atoms with Crippen LogP contribution in [-0.2, 0) is 9.59 Å². The molecule has 1 aliphatic heterocycles. The molecule has 3 N–H and O–H groups in total. The average molecular weight is 288 g/mol. The zero-order chi connectivity index (χ0) is 14.4. The number of nitrogens with two attached hydrogens (primary N) is 1. The number of carboxylic acids is 1. The summed E-state index contributed by atoms with van der Waals surface area (Å²) in [5.74, 6) is -0.668. The first kappa shape index (κ1) is 16.3. The van der Waals surface area contributed by atoms with Gasteiger partial charge in [0.1, 0.15) is 6.04 Å². The fourth-order valence-corrected chi connectivity index (χ4v) is 3.78. The SMILES string of the molecule is CCCCC(N)C(=O)N1C(CCC)SCC1C(=O)O. The minimum Gasteiger partial charge on any atom is -0.480 e. The molecule has 1 amide bonds. The second-order valence-corrected chi connectivity index (χ2v) is 6.14. The summed E-state index contributed by atoms with van der Waals surface area (Å²) in [4.78, 5) is 25.1. The number of nitrogens with zero attached hydrogens (tertiary/aromatic N) is 1. The zero-order valence-corrected chi connectivity index (χ0v) is 12.5. The van der Waals surface area contributed by atoms with Crippen molar-refractivity contribution in [2.24, 2.45) is 5.73 Å². The fourth-order valence-electron chi connectivity index (χ4n) is 2.26. The molecule has 110 valence electrons. The lowest BCUT2D eigenvalue weighted by Gasteiger charge is -2.29. The summed E-state index contributed by atoms with van der Waals surface area (Å²) in [5, 5.41) is 9.19. The van der Waals surface area contributed by atoms with Crippen LogP contribution in [0.15, 0.2) is 0 Å². The Hall–Kier alpha value is -0.750. The van der Waals surface area contributed by atoms with Gasteiger partial charge in [-0.3, -0.25) is 4.79 Å². The van der Waals surface area contributed by atoms with Gasteiger partial charge in [0.15, 0.2) is 0 Å². The van der Waals surface area contributed by atoms with Gasteiger partial charge in [-0.25, -0.2) is 4.79 Å². The number of thioether (sulfide) groups is 1. The van der Waals surface area contributed by atoms with Crippen molar-refractivity contribution in [1.82, 2.24) is 4.90 Å². The van der Waals surface area contributed by atoms with E-state index >= 15 is 0 Å². The Bertz CT molecular complexity index is 325. The number of unbranched alkanes of at least 4 members (excludes halogenated alkanes) is 1. The Balaban J connectivity index is 2.76. The first-order chi connectivity index (χ1) is 9.02. The molecule has 3 unspecified atom stereocenters. The smallest absolute Gasteiger partial charge is 0.327 e. The Morgan fingerprint density at radius 3 is 2.63 bits per heavy atom. The van der Waals surface area contributed by atoms with Gasteiger partial charge in [0, 0.05) is 5.75 Å². The summed E-state index contributed by atoms with van der Waals surface area (Å²) < 4.78 is 0. The maximum absolute atomic E-state index is 12.4. The van der Waals surface area contributed by atoms with Crippen molar-refractivity contribution in [3.63, 3.8) is 0 Å². The van der Waals surface area contributed by atoms with Crippen LogP contribution >= 0.6 is 11.8 Å². The Kier molecular flexibility index (Phi) is 6.65. The molecule has 1 aliphatic rings. The van der Waals surface area contributed by atoms with E-state index in [9.17, 15) is 14.7 Å². The van der Waals surface area contributed by atoms with Gasteiger partial charge in [-0.2, -0.15) is 0 Å². The number of amides is 1. The molecule has 1 saturated heterocycles. The molecule has 1 fully saturated rings. The van der Waals surface area contributed by atoms with E-state index in [1.165, 1.54) is 4.90 Å². The van der Waals surface area contributed by atoms with E-state index in [0.717, 1.165) is 25.7 Å². The highest BCUT2D eigenvalue weighted by molar-refractivity contribution is 8.00. The predicted octanol–water partition coefficient (Wildman–Crippen LogP) is 1.66. The van der Waals surface area contributed by atoms with E-state index in [0.29, 0.717) is 12.2 Å². The van der Waals surface area contributed by atoms with Gasteiger partial charge in [-0.1, -0.05) is 33.1 Å². The number of carboxylic acid groups (broad SMARTS) is 1. The third-order valence-corrected chi connectivity index (χ3v) is 4.71. The van der Waals surface area contributed by atoms with Crippen LogP contribution in [-0.4, -0.2) is 45.1 Å². The molecular weight excluding hydrogens is 264 g/mol. The molecule has 1 rings (SSSR count). The number of rotatable bonds is 7. The van der Waals surface area contributed by atoms with Crippen LogP contribution in [0.2, 0.25) is 0 Å². The molecule has 0 bridgehead atoms. The minimum absolute atomic E-state index is 0.0359. The number of hydrogen-bond acceptors (Lipinski definition) is 4. The number of hydrogen-bond donors (Lipinski definition) is 2. The van der Waals surface area contributed by atoms with Crippen molar-refractivity contribution in [3.8, 4) is 0 Å². The van der Waals surface area contributed by atoms with Crippen LogP contribution in [0.1, 0.15) is 46.0 Å². The third kappa shape index (κ3) is 4.11. The lowest BCUT2D eigenvalue weighted by atomic mass is 10.1. The van der Waals surface area contributed by atoms with Crippen LogP contribution < -0.4 is 5.73 Å². The first-order valence-corrected chi connectivity index (χ1v) is 7.99. The topological polar surface area (TPSA) is 83.6 Å². The van der Waals surface area contributed by atoms with E-state index in [1.54, 1.807) is 11.8 Å². The van der Waals surface area contributed by atoms with Crippen molar-refractivity contribution in [3.05, 3.63) is 0 Å². The second-order valence-electron chi connectivity index (χ2n) is 4.92. The maximum atomic E-state index is 12.4. The molecule has 0 saturated carbocycles. The highest BCUT2D eigenvalue weighted by atomic mass is 32.2. The van der Waals surface area contributed by atoms with Gasteiger partial charge < -0.3 is 15.7 Å². The van der Waals surface area contributed by atoms with Gasteiger partial charge >= 0.3 is 5.97 Å². The molecule has 19 heavy (non-hydrogen) atoms. The van der Waals surface area contributed by atoms with Gasteiger partial charge in [-0.05, 0) is 12.8 Å². The molecule has 6 heteroatoms. The van der Waals surface area contributed by atoms with Crippen LogP contribution in [0, 0.1) is 0 Å². The number of carbonyl (C=O) groups excluding carboxylic acids is 1. The fraction of sp³-hybridized carbons (Fsp3) is 0.846. The molecule has 0 aliphatic carbocycles. The number of carbonyl (C=O) groups is 2. The third-order valence-electron chi connectivity index (χ3n) is 3.35. The maximum Gasteiger partial charge on any atom is 0.327 e. The minimum atomic E-state index is -0.929. The molecule has 1 heterocycles. The monoisotopic (exact) mass is 288 g/mol. The van der Waals surface area contributed by atoms with Gasteiger partial charge in [-0.15, -0.1) is 11.8 Å². The van der Waals surface area contributed by atoms with Gasteiger partial charge in [0.25, 0.3) is 0 Å². The molecule has 3 atom stereocenters. The summed E-state index contributed by atoms with van der Waals surface area (Å²) >= 11 is 1.55. The summed E-state index contributed by atoms with van der Waals surface area (Å²) in [7, 11) is 0. The zero-order valence-electron chi connectivity index (χ0n) is 11.7. The van der Waals surface area contributed by atoms with Crippen molar-refractivity contribution < 1.29 is 14.7 Å². The molecule has 0 radical (unpaired) electrons. The van der Waals surface area contributed by atoms with Crippen LogP contribution in [0.5, 0.6) is 0 Å². The highest BCUT2D eigenvalue weighted by Gasteiger charge is 2.42. The molecule has 5 nitrogen and oxygen atoms in total. The Labute approximate surface area is 118 Å². The van der Waals surface area contributed by atoms with Crippen LogP contribution in [0.4, 0.5) is 0 Å². The largest absolute Gasteiger partial charge is 0.480 e. The van der Waals surface area contributed by atoms with Crippen molar-refractivity contribution >= 4 is 23.6 Å².